The molecule has 0 saturated heterocycles. The van der Waals surface area contributed by atoms with Crippen molar-refractivity contribution in [1.82, 2.24) is 9.88 Å². The number of fused-ring (bicyclic) bond motifs is 1. The topological polar surface area (TPSA) is 127 Å². The van der Waals surface area contributed by atoms with Crippen molar-refractivity contribution >= 4 is 23.1 Å². The molecular weight excluding hydrogens is 416 g/mol. The van der Waals surface area contributed by atoms with Gasteiger partial charge in [-0.1, -0.05) is 25.3 Å². The molecule has 0 bridgehead atoms. The van der Waals surface area contributed by atoms with E-state index in [9.17, 15) is 9.59 Å². The Balaban J connectivity index is 0.000000914. The first-order valence-corrected chi connectivity index (χ1v) is 10.8. The Morgan fingerprint density at radius 1 is 1.15 bits per heavy atom. The molecule has 1 aliphatic heterocycles. The van der Waals surface area contributed by atoms with Crippen LogP contribution in [0.3, 0.4) is 0 Å². The second-order valence-corrected chi connectivity index (χ2v) is 7.90. The van der Waals surface area contributed by atoms with Gasteiger partial charge in [-0.15, -0.1) is 12.8 Å². The van der Waals surface area contributed by atoms with Crippen LogP contribution in [0.15, 0.2) is 40.2 Å². The number of amidine groups is 1. The zero-order chi connectivity index (χ0) is 24.4. The molecule has 1 amide bonds. The van der Waals surface area contributed by atoms with Crippen LogP contribution in [0.25, 0.3) is 0 Å². The fourth-order valence-electron chi connectivity index (χ4n) is 4.19. The summed E-state index contributed by atoms with van der Waals surface area (Å²) in [5.41, 5.74) is 10.00. The highest BCUT2D eigenvalue weighted by molar-refractivity contribution is 6.03. The van der Waals surface area contributed by atoms with Gasteiger partial charge in [0.05, 0.1) is 11.4 Å². The standard InChI is InChI=1S/C22H27N5O2.C2H2.CHN/c1-14(28)27-12-15-7-8-18(11-16(15)13-27)26-21(23)20-19(9-10-24-22(20)29)25-17-5-3-2-4-6-17;2*1-2/h7-11,17H,2-6,12-13H2,1H3,(H2,23,26)(H2,24,25,29);1-2H;1H. The summed E-state index contributed by atoms with van der Waals surface area (Å²) in [4.78, 5) is 33.2. The molecule has 33 heavy (non-hydrogen) atoms. The number of nitrogens with two attached hydrogens (primary N) is 1. The summed E-state index contributed by atoms with van der Waals surface area (Å²) < 4.78 is 0. The fraction of sp³-hybridized carbons (Fsp3) is 0.360. The summed E-state index contributed by atoms with van der Waals surface area (Å²) in [7, 11) is 0. The van der Waals surface area contributed by atoms with Gasteiger partial charge in [0.1, 0.15) is 11.4 Å². The van der Waals surface area contributed by atoms with E-state index in [1.807, 2.05) is 24.3 Å². The van der Waals surface area contributed by atoms with Crippen molar-refractivity contribution in [2.45, 2.75) is 58.2 Å². The van der Waals surface area contributed by atoms with E-state index >= 15 is 0 Å². The van der Waals surface area contributed by atoms with Crippen molar-refractivity contribution in [2.24, 2.45) is 10.7 Å². The molecule has 4 rings (SSSR count). The number of nitrogens with zero attached hydrogens (tertiary/aromatic N) is 3. The zero-order valence-electron chi connectivity index (χ0n) is 18.9. The fourth-order valence-corrected chi connectivity index (χ4v) is 4.19. The van der Waals surface area contributed by atoms with E-state index in [2.05, 4.69) is 34.7 Å². The zero-order valence-corrected chi connectivity index (χ0v) is 18.9. The van der Waals surface area contributed by atoms with Gasteiger partial charge in [0.15, 0.2) is 0 Å². The lowest BCUT2D eigenvalue weighted by molar-refractivity contribution is -0.129. The normalized spacial score (nSPS) is 15.3. The smallest absolute Gasteiger partial charge is 0.261 e. The highest BCUT2D eigenvalue weighted by Gasteiger charge is 2.21. The number of aromatic nitrogens is 1. The van der Waals surface area contributed by atoms with Crippen molar-refractivity contribution in [3.63, 3.8) is 0 Å². The van der Waals surface area contributed by atoms with Crippen LogP contribution >= 0.6 is 0 Å². The van der Waals surface area contributed by atoms with Crippen molar-refractivity contribution in [2.75, 3.05) is 5.32 Å². The average molecular weight is 447 g/mol. The average Bonchev–Trinajstić information content (AvgIpc) is 3.26. The lowest BCUT2D eigenvalue weighted by Gasteiger charge is -2.24. The lowest BCUT2D eigenvalue weighted by Crippen LogP contribution is -2.29. The molecule has 2 aliphatic rings. The Morgan fingerprint density at radius 2 is 1.82 bits per heavy atom. The molecule has 8 nitrogen and oxygen atoms in total. The molecule has 1 aromatic carbocycles. The van der Waals surface area contributed by atoms with Crippen molar-refractivity contribution in [1.29, 1.82) is 5.26 Å². The first kappa shape index (κ1) is 25.2. The quantitative estimate of drug-likeness (QED) is 0.377. The number of nitrogens with one attached hydrogen (secondary N) is 2. The maximum Gasteiger partial charge on any atom is 0.261 e. The number of benzene rings is 1. The number of carbonyl (C=O) groups excluding carboxylic acids is 1. The summed E-state index contributed by atoms with van der Waals surface area (Å²) in [6.07, 6.45) is 15.5. The Labute approximate surface area is 194 Å². The summed E-state index contributed by atoms with van der Waals surface area (Å²) >= 11 is 0. The minimum absolute atomic E-state index is 0.0556. The maximum absolute atomic E-state index is 12.5. The van der Waals surface area contributed by atoms with Gasteiger partial charge in [-0.25, -0.2) is 10.3 Å². The Hall–Kier alpha value is -4.04. The van der Waals surface area contributed by atoms with Gasteiger partial charge < -0.3 is 20.9 Å². The van der Waals surface area contributed by atoms with Gasteiger partial charge >= 0.3 is 0 Å². The van der Waals surface area contributed by atoms with E-state index < -0.39 is 0 Å². The first-order valence-electron chi connectivity index (χ1n) is 10.8. The number of hydrogen-bond acceptors (Lipinski definition) is 5. The maximum atomic E-state index is 12.5. The molecule has 1 aliphatic carbocycles. The van der Waals surface area contributed by atoms with Crippen LogP contribution in [-0.4, -0.2) is 27.7 Å². The van der Waals surface area contributed by atoms with Crippen LogP contribution in [0.1, 0.15) is 55.7 Å². The van der Waals surface area contributed by atoms with Gasteiger partial charge in [-0.3, -0.25) is 9.59 Å². The summed E-state index contributed by atoms with van der Waals surface area (Å²) in [6.45, 7) is 6.28. The molecule has 2 heterocycles. The number of aliphatic imine (C=N–C) groups is 1. The molecule has 0 spiro atoms. The molecule has 172 valence electrons. The van der Waals surface area contributed by atoms with E-state index in [0.29, 0.717) is 30.4 Å². The molecule has 8 heteroatoms. The first-order chi connectivity index (χ1) is 16.0. The summed E-state index contributed by atoms with van der Waals surface area (Å²) in [5.74, 6) is 0.242. The molecule has 0 unspecified atom stereocenters. The molecule has 2 aromatic rings. The molecule has 1 aromatic heterocycles. The predicted octanol–water partition coefficient (Wildman–Crippen LogP) is 3.41. The summed E-state index contributed by atoms with van der Waals surface area (Å²) in [6, 6.07) is 7.99. The van der Waals surface area contributed by atoms with Crippen LogP contribution in [0.2, 0.25) is 0 Å². The summed E-state index contributed by atoms with van der Waals surface area (Å²) in [5, 5.41) is 9.99. The third kappa shape index (κ3) is 6.24. The molecule has 1 fully saturated rings. The molecule has 4 N–H and O–H groups in total. The van der Waals surface area contributed by atoms with Crippen molar-refractivity contribution in [3.8, 4) is 19.4 Å². The highest BCUT2D eigenvalue weighted by atomic mass is 16.2. The number of hydrogen-bond donors (Lipinski definition) is 3. The van der Waals surface area contributed by atoms with Crippen LogP contribution < -0.4 is 16.6 Å². The number of anilines is 1. The van der Waals surface area contributed by atoms with E-state index in [1.54, 1.807) is 18.0 Å². The molecule has 1 saturated carbocycles. The van der Waals surface area contributed by atoms with Crippen LogP contribution in [0, 0.1) is 24.7 Å². The Morgan fingerprint density at radius 3 is 2.48 bits per heavy atom. The van der Waals surface area contributed by atoms with Gasteiger partial charge in [0.2, 0.25) is 5.91 Å². The number of H-pyrrole nitrogens is 1. The van der Waals surface area contributed by atoms with Crippen molar-refractivity contribution in [3.05, 3.63) is 57.5 Å². The van der Waals surface area contributed by atoms with Gasteiger partial charge in [-0.2, -0.15) is 0 Å². The van der Waals surface area contributed by atoms with Crippen LogP contribution in [0.5, 0.6) is 0 Å². The minimum Gasteiger partial charge on any atom is -0.383 e. The molecular formula is C25H30N6O2. The Bertz CT molecular complexity index is 1090. The number of amides is 1. The van der Waals surface area contributed by atoms with E-state index in [-0.39, 0.29) is 17.3 Å². The number of aromatic amines is 1. The van der Waals surface area contributed by atoms with Crippen LogP contribution in [0.4, 0.5) is 11.4 Å². The van der Waals surface area contributed by atoms with Gasteiger partial charge in [0.25, 0.3) is 5.56 Å². The van der Waals surface area contributed by atoms with Crippen LogP contribution in [-0.2, 0) is 17.9 Å². The monoisotopic (exact) mass is 446 g/mol. The highest BCUT2D eigenvalue weighted by Crippen LogP contribution is 2.28. The van der Waals surface area contributed by atoms with Crippen molar-refractivity contribution < 1.29 is 4.79 Å². The minimum atomic E-state index is -0.254. The van der Waals surface area contributed by atoms with Gasteiger partial charge in [0, 0.05) is 38.8 Å². The molecule has 0 radical (unpaired) electrons. The third-order valence-electron chi connectivity index (χ3n) is 5.79. The lowest BCUT2D eigenvalue weighted by atomic mass is 9.95. The van der Waals surface area contributed by atoms with Gasteiger partial charge in [-0.05, 0) is 42.2 Å². The number of nitriles is 1. The number of pyridine rings is 1. The predicted molar refractivity (Wildman–Crippen MR) is 131 cm³/mol. The second-order valence-electron chi connectivity index (χ2n) is 7.90. The largest absolute Gasteiger partial charge is 0.383 e. The number of carbonyl (C=O) groups is 1. The second kappa shape index (κ2) is 12.1. The third-order valence-corrected chi connectivity index (χ3v) is 5.79. The van der Waals surface area contributed by atoms with E-state index in [4.69, 9.17) is 11.0 Å². The Kier molecular flexibility index (Phi) is 9.26. The van der Waals surface area contributed by atoms with E-state index in [0.717, 1.165) is 29.7 Å². The molecule has 0 atom stereocenters. The SMILES string of the molecule is C#C.C#N.CC(=O)N1Cc2ccc(N=C(N)c3c(NC4CCCCC4)cc[nH]c3=O)cc2C1. The number of terminal acetylenes is 1. The number of rotatable bonds is 4. The van der Waals surface area contributed by atoms with E-state index in [1.165, 1.54) is 19.3 Å².